The fourth-order valence-electron chi connectivity index (χ4n) is 2.12. The lowest BCUT2D eigenvalue weighted by molar-refractivity contribution is 0.475. The van der Waals surface area contributed by atoms with E-state index in [1.165, 1.54) is 0 Å². The normalized spacial score (nSPS) is 11.4. The number of phenols is 1. The van der Waals surface area contributed by atoms with Crippen LogP contribution in [0.4, 0.5) is 0 Å². The molecule has 1 aromatic carbocycles. The minimum Gasteiger partial charge on any atom is -0.508 e. The summed E-state index contributed by atoms with van der Waals surface area (Å²) in [6.45, 7) is 4.09. The van der Waals surface area contributed by atoms with Gasteiger partial charge in [0.05, 0.1) is 6.33 Å². The second-order valence-corrected chi connectivity index (χ2v) is 5.15. The van der Waals surface area contributed by atoms with Crippen molar-refractivity contribution in [3.8, 4) is 17.0 Å². The SMILES string of the molecule is CC(C)n1cnc2c(-c3cccc(O)c3)nc(Cl)nc21. The number of fused-ring (bicyclic) bond motifs is 1. The molecule has 0 saturated heterocycles. The van der Waals surface area contributed by atoms with Gasteiger partial charge in [-0.2, -0.15) is 4.98 Å². The van der Waals surface area contributed by atoms with Crippen LogP contribution >= 0.6 is 11.6 Å². The molecule has 2 aromatic heterocycles. The molecular weight excluding hydrogens is 276 g/mol. The molecule has 0 unspecified atom stereocenters. The Morgan fingerprint density at radius 1 is 1.25 bits per heavy atom. The molecular formula is C14H13ClN4O. The number of phenolic OH excluding ortho intramolecular Hbond substituents is 1. The average Bonchev–Trinajstić information content (AvgIpc) is 2.81. The smallest absolute Gasteiger partial charge is 0.225 e. The fraction of sp³-hybridized carbons (Fsp3) is 0.214. The fourth-order valence-corrected chi connectivity index (χ4v) is 2.29. The second kappa shape index (κ2) is 4.76. The third-order valence-corrected chi connectivity index (χ3v) is 3.24. The maximum Gasteiger partial charge on any atom is 0.225 e. The standard InChI is InChI=1S/C14H13ClN4O/c1-8(2)19-7-16-12-11(17-14(15)18-13(12)19)9-4-3-5-10(20)6-9/h3-8,20H,1-2H3. The van der Waals surface area contributed by atoms with Crippen molar-refractivity contribution in [3.05, 3.63) is 35.9 Å². The topological polar surface area (TPSA) is 63.8 Å². The van der Waals surface area contributed by atoms with Gasteiger partial charge in [-0.3, -0.25) is 0 Å². The zero-order valence-electron chi connectivity index (χ0n) is 11.1. The van der Waals surface area contributed by atoms with Crippen molar-refractivity contribution in [2.75, 3.05) is 0 Å². The van der Waals surface area contributed by atoms with E-state index in [9.17, 15) is 5.11 Å². The van der Waals surface area contributed by atoms with Gasteiger partial charge in [-0.1, -0.05) is 12.1 Å². The summed E-state index contributed by atoms with van der Waals surface area (Å²) < 4.78 is 1.94. The van der Waals surface area contributed by atoms with E-state index < -0.39 is 0 Å². The van der Waals surface area contributed by atoms with Crippen LogP contribution in [0.2, 0.25) is 5.28 Å². The predicted octanol–water partition coefficient (Wildman–Crippen LogP) is 3.43. The van der Waals surface area contributed by atoms with E-state index in [2.05, 4.69) is 15.0 Å². The van der Waals surface area contributed by atoms with Gasteiger partial charge in [-0.15, -0.1) is 0 Å². The van der Waals surface area contributed by atoms with E-state index in [1.807, 2.05) is 24.5 Å². The Balaban J connectivity index is 2.31. The zero-order chi connectivity index (χ0) is 14.3. The van der Waals surface area contributed by atoms with Gasteiger partial charge in [-0.05, 0) is 37.6 Å². The van der Waals surface area contributed by atoms with Crippen LogP contribution in [-0.2, 0) is 0 Å². The maximum atomic E-state index is 9.61. The Kier molecular flexibility index (Phi) is 3.06. The molecule has 102 valence electrons. The predicted molar refractivity (Wildman–Crippen MR) is 77.8 cm³/mol. The van der Waals surface area contributed by atoms with Crippen molar-refractivity contribution >= 4 is 22.8 Å². The zero-order valence-corrected chi connectivity index (χ0v) is 11.8. The molecule has 0 aliphatic heterocycles. The summed E-state index contributed by atoms with van der Waals surface area (Å²) in [5.41, 5.74) is 2.75. The number of benzene rings is 1. The highest BCUT2D eigenvalue weighted by Crippen LogP contribution is 2.29. The van der Waals surface area contributed by atoms with Crippen molar-refractivity contribution in [2.24, 2.45) is 0 Å². The Labute approximate surface area is 120 Å². The molecule has 1 N–H and O–H groups in total. The molecule has 6 heteroatoms. The number of aromatic hydroxyl groups is 1. The molecule has 0 radical (unpaired) electrons. The summed E-state index contributed by atoms with van der Waals surface area (Å²) in [4.78, 5) is 12.9. The van der Waals surface area contributed by atoms with Crippen LogP contribution < -0.4 is 0 Å². The highest BCUT2D eigenvalue weighted by molar-refractivity contribution is 6.28. The molecule has 3 rings (SSSR count). The van der Waals surface area contributed by atoms with Crippen molar-refractivity contribution < 1.29 is 5.11 Å². The number of nitrogens with zero attached hydrogens (tertiary/aromatic N) is 4. The van der Waals surface area contributed by atoms with E-state index in [0.29, 0.717) is 16.9 Å². The first kappa shape index (κ1) is 12.9. The van der Waals surface area contributed by atoms with E-state index in [1.54, 1.807) is 24.5 Å². The van der Waals surface area contributed by atoms with Gasteiger partial charge >= 0.3 is 0 Å². The molecule has 0 spiro atoms. The minimum atomic E-state index is 0.165. The van der Waals surface area contributed by atoms with Gasteiger partial charge in [0.15, 0.2) is 5.65 Å². The van der Waals surface area contributed by atoms with Crippen molar-refractivity contribution in [3.63, 3.8) is 0 Å². The first-order valence-corrected chi connectivity index (χ1v) is 6.63. The van der Waals surface area contributed by atoms with E-state index in [-0.39, 0.29) is 17.1 Å². The summed E-state index contributed by atoms with van der Waals surface area (Å²) in [5, 5.41) is 9.77. The molecule has 0 atom stereocenters. The summed E-state index contributed by atoms with van der Waals surface area (Å²) in [6, 6.07) is 7.07. The van der Waals surface area contributed by atoms with Crippen molar-refractivity contribution in [1.82, 2.24) is 19.5 Å². The van der Waals surface area contributed by atoms with Crippen molar-refractivity contribution in [2.45, 2.75) is 19.9 Å². The summed E-state index contributed by atoms with van der Waals surface area (Å²) in [7, 11) is 0. The maximum absolute atomic E-state index is 9.61. The Bertz CT molecular complexity index is 782. The third-order valence-electron chi connectivity index (χ3n) is 3.07. The van der Waals surface area contributed by atoms with Gasteiger partial charge in [0.25, 0.3) is 0 Å². The Morgan fingerprint density at radius 2 is 2.05 bits per heavy atom. The lowest BCUT2D eigenvalue weighted by Gasteiger charge is -2.08. The molecule has 3 aromatic rings. The van der Waals surface area contributed by atoms with Crippen LogP contribution in [0.25, 0.3) is 22.4 Å². The number of aromatic nitrogens is 4. The van der Waals surface area contributed by atoms with E-state index >= 15 is 0 Å². The number of imidazole rings is 1. The van der Waals surface area contributed by atoms with Crippen LogP contribution in [0, 0.1) is 0 Å². The minimum absolute atomic E-state index is 0.165. The largest absolute Gasteiger partial charge is 0.508 e. The van der Waals surface area contributed by atoms with Gasteiger partial charge in [0.2, 0.25) is 5.28 Å². The first-order chi connectivity index (χ1) is 9.56. The highest BCUT2D eigenvalue weighted by Gasteiger charge is 2.15. The molecule has 5 nitrogen and oxygen atoms in total. The summed E-state index contributed by atoms with van der Waals surface area (Å²) >= 11 is 6.02. The van der Waals surface area contributed by atoms with Crippen LogP contribution in [0.3, 0.4) is 0 Å². The highest BCUT2D eigenvalue weighted by atomic mass is 35.5. The van der Waals surface area contributed by atoms with E-state index in [4.69, 9.17) is 11.6 Å². The van der Waals surface area contributed by atoms with Crippen molar-refractivity contribution in [1.29, 1.82) is 0 Å². The second-order valence-electron chi connectivity index (χ2n) is 4.81. The van der Waals surface area contributed by atoms with Gasteiger partial charge in [0, 0.05) is 11.6 Å². The molecule has 20 heavy (non-hydrogen) atoms. The van der Waals surface area contributed by atoms with Crippen LogP contribution in [-0.4, -0.2) is 24.6 Å². The van der Waals surface area contributed by atoms with Crippen LogP contribution in [0.5, 0.6) is 5.75 Å². The first-order valence-electron chi connectivity index (χ1n) is 6.25. The van der Waals surface area contributed by atoms with Crippen LogP contribution in [0.15, 0.2) is 30.6 Å². The number of halogens is 1. The van der Waals surface area contributed by atoms with E-state index in [0.717, 1.165) is 5.56 Å². The third kappa shape index (κ3) is 2.10. The Morgan fingerprint density at radius 3 is 2.75 bits per heavy atom. The van der Waals surface area contributed by atoms with Crippen LogP contribution in [0.1, 0.15) is 19.9 Å². The Hall–Kier alpha value is -2.14. The molecule has 0 bridgehead atoms. The van der Waals surface area contributed by atoms with Gasteiger partial charge in [0.1, 0.15) is 17.0 Å². The quantitative estimate of drug-likeness (QED) is 0.734. The monoisotopic (exact) mass is 288 g/mol. The molecule has 0 fully saturated rings. The lowest BCUT2D eigenvalue weighted by atomic mass is 10.1. The molecule has 2 heterocycles. The summed E-state index contributed by atoms with van der Waals surface area (Å²) in [6.07, 6.45) is 1.73. The molecule has 0 saturated carbocycles. The van der Waals surface area contributed by atoms with Gasteiger partial charge < -0.3 is 9.67 Å². The average molecular weight is 289 g/mol. The lowest BCUT2D eigenvalue weighted by Crippen LogP contribution is -2.01. The number of hydrogen-bond donors (Lipinski definition) is 1. The number of rotatable bonds is 2. The van der Waals surface area contributed by atoms with Gasteiger partial charge in [-0.25, -0.2) is 9.97 Å². The number of hydrogen-bond acceptors (Lipinski definition) is 4. The molecule has 0 amide bonds. The molecule has 0 aliphatic carbocycles. The molecule has 0 aliphatic rings. The summed E-state index contributed by atoms with van der Waals surface area (Å²) in [5.74, 6) is 0.175.